The van der Waals surface area contributed by atoms with Crippen LogP contribution in [0.2, 0.25) is 0 Å². The summed E-state index contributed by atoms with van der Waals surface area (Å²) in [5.74, 6) is 1.13. The third-order valence-corrected chi connectivity index (χ3v) is 4.61. The molecule has 3 atom stereocenters. The van der Waals surface area contributed by atoms with E-state index < -0.39 is 0 Å². The predicted octanol–water partition coefficient (Wildman–Crippen LogP) is 5.18. The molecule has 0 N–H and O–H groups in total. The molecule has 1 aliphatic carbocycles. The Morgan fingerprint density at radius 3 is 2.68 bits per heavy atom. The van der Waals surface area contributed by atoms with Gasteiger partial charge >= 0.3 is 0 Å². The van der Waals surface area contributed by atoms with Crippen molar-refractivity contribution in [1.82, 2.24) is 0 Å². The molecule has 0 bridgehead atoms. The van der Waals surface area contributed by atoms with E-state index in [0.29, 0.717) is 11.2 Å². The molecule has 3 unspecified atom stereocenters. The maximum absolute atomic E-state index is 12.8. The average Bonchev–Trinajstić information content (AvgIpc) is 2.37. The van der Waals surface area contributed by atoms with E-state index >= 15 is 0 Å². The zero-order valence-electron chi connectivity index (χ0n) is 13.1. The van der Waals surface area contributed by atoms with Gasteiger partial charge in [0.05, 0.1) is 0 Å². The van der Waals surface area contributed by atoms with Gasteiger partial charge in [0.15, 0.2) is 0 Å². The number of allylic oxidation sites excluding steroid dienone is 3. The first kappa shape index (κ1) is 16.2. The molecule has 1 fully saturated rings. The monoisotopic (exact) mass is 262 g/mol. The maximum atomic E-state index is 12.8. The van der Waals surface area contributed by atoms with Gasteiger partial charge in [0.25, 0.3) is 0 Å². The Morgan fingerprint density at radius 1 is 1.47 bits per heavy atom. The summed E-state index contributed by atoms with van der Waals surface area (Å²) >= 11 is 0. The zero-order chi connectivity index (χ0) is 14.5. The lowest BCUT2D eigenvalue weighted by molar-refractivity contribution is -0.130. The van der Waals surface area contributed by atoms with Gasteiger partial charge in [-0.1, -0.05) is 45.4 Å². The lowest BCUT2D eigenvalue weighted by Gasteiger charge is -2.36. The molecule has 0 heterocycles. The average molecular weight is 262 g/mol. The van der Waals surface area contributed by atoms with Crippen LogP contribution in [0.3, 0.4) is 0 Å². The summed E-state index contributed by atoms with van der Waals surface area (Å²) in [4.78, 5) is 12.8. The first-order valence-electron chi connectivity index (χ1n) is 7.68. The Labute approximate surface area is 119 Å². The second kappa shape index (κ2) is 7.07. The Hall–Kier alpha value is -0.850. The maximum Gasteiger partial charge on any atom is 0.139 e. The summed E-state index contributed by atoms with van der Waals surface area (Å²) in [7, 11) is 0. The molecule has 1 rings (SSSR count). The van der Waals surface area contributed by atoms with Crippen LogP contribution < -0.4 is 0 Å². The number of ketones is 1. The molecule has 0 aromatic carbocycles. The van der Waals surface area contributed by atoms with Crippen molar-refractivity contribution in [2.45, 2.75) is 59.8 Å². The Kier molecular flexibility index (Phi) is 6.03. The smallest absolute Gasteiger partial charge is 0.139 e. The molecule has 1 saturated carbocycles. The minimum Gasteiger partial charge on any atom is -0.299 e. The number of rotatable bonds is 6. The number of Topliss-reactive ketones (excluding diaryl/α,β-unsaturated/α-hetero) is 1. The molecule has 1 aliphatic rings. The SMILES string of the molecule is C=CC(C)C(CC=CC)C(=O)C1CCCC(C)(C)C1. The van der Waals surface area contributed by atoms with Gasteiger partial charge in [-0.25, -0.2) is 0 Å². The predicted molar refractivity (Wildman–Crippen MR) is 83.0 cm³/mol. The van der Waals surface area contributed by atoms with E-state index in [2.05, 4.69) is 33.4 Å². The molecular formula is C18H30O. The number of carbonyl (C=O) groups excluding carboxylic acids is 1. The van der Waals surface area contributed by atoms with Crippen molar-refractivity contribution in [3.8, 4) is 0 Å². The summed E-state index contributed by atoms with van der Waals surface area (Å²) in [6.45, 7) is 12.6. The van der Waals surface area contributed by atoms with Gasteiger partial charge in [-0.2, -0.15) is 0 Å². The van der Waals surface area contributed by atoms with Crippen LogP contribution >= 0.6 is 0 Å². The van der Waals surface area contributed by atoms with Crippen molar-refractivity contribution in [1.29, 1.82) is 0 Å². The Morgan fingerprint density at radius 2 is 2.16 bits per heavy atom. The number of carbonyl (C=O) groups is 1. The number of hydrogen-bond acceptors (Lipinski definition) is 1. The van der Waals surface area contributed by atoms with Gasteiger partial charge in [-0.15, -0.1) is 6.58 Å². The normalized spacial score (nSPS) is 26.0. The topological polar surface area (TPSA) is 17.1 Å². The number of hydrogen-bond donors (Lipinski definition) is 0. The lowest BCUT2D eigenvalue weighted by Crippen LogP contribution is -2.33. The van der Waals surface area contributed by atoms with E-state index in [4.69, 9.17) is 0 Å². The van der Waals surface area contributed by atoms with Crippen LogP contribution in [-0.4, -0.2) is 5.78 Å². The molecule has 0 spiro atoms. The minimum atomic E-state index is 0.118. The van der Waals surface area contributed by atoms with Crippen molar-refractivity contribution in [3.63, 3.8) is 0 Å². The quantitative estimate of drug-likeness (QED) is 0.603. The van der Waals surface area contributed by atoms with Gasteiger partial charge in [0.2, 0.25) is 0 Å². The van der Waals surface area contributed by atoms with Crippen molar-refractivity contribution in [2.24, 2.45) is 23.2 Å². The van der Waals surface area contributed by atoms with E-state index in [9.17, 15) is 4.79 Å². The van der Waals surface area contributed by atoms with Crippen molar-refractivity contribution in [3.05, 3.63) is 24.8 Å². The first-order valence-corrected chi connectivity index (χ1v) is 7.68. The van der Waals surface area contributed by atoms with Crippen LogP contribution in [0.5, 0.6) is 0 Å². The Bertz CT molecular complexity index is 338. The molecular weight excluding hydrogens is 232 g/mol. The largest absolute Gasteiger partial charge is 0.299 e. The fraction of sp³-hybridized carbons (Fsp3) is 0.722. The van der Waals surface area contributed by atoms with Gasteiger partial charge in [0, 0.05) is 11.8 Å². The fourth-order valence-electron chi connectivity index (χ4n) is 3.28. The minimum absolute atomic E-state index is 0.118. The highest BCUT2D eigenvalue weighted by atomic mass is 16.1. The van der Waals surface area contributed by atoms with Crippen LogP contribution in [0.15, 0.2) is 24.8 Å². The lowest BCUT2D eigenvalue weighted by atomic mass is 9.68. The van der Waals surface area contributed by atoms with Crippen molar-refractivity contribution in [2.75, 3.05) is 0 Å². The van der Waals surface area contributed by atoms with E-state index in [1.807, 2.05) is 19.1 Å². The van der Waals surface area contributed by atoms with Crippen LogP contribution in [0.4, 0.5) is 0 Å². The molecule has 0 aromatic heterocycles. The summed E-state index contributed by atoms with van der Waals surface area (Å²) in [5.41, 5.74) is 0.334. The highest BCUT2D eigenvalue weighted by Crippen LogP contribution is 2.40. The molecule has 19 heavy (non-hydrogen) atoms. The standard InChI is InChI=1S/C18H30O/c1-6-8-11-16(14(3)7-2)17(19)15-10-9-12-18(4,5)13-15/h6-8,14-16H,2,9-13H2,1,3-5H3. The molecule has 1 heteroatoms. The second-order valence-corrected chi connectivity index (χ2v) is 6.87. The molecule has 0 saturated heterocycles. The molecule has 108 valence electrons. The fourth-order valence-corrected chi connectivity index (χ4v) is 3.28. The molecule has 0 amide bonds. The highest BCUT2D eigenvalue weighted by molar-refractivity contribution is 5.84. The van der Waals surface area contributed by atoms with Crippen LogP contribution in [0, 0.1) is 23.2 Å². The van der Waals surface area contributed by atoms with E-state index in [1.54, 1.807) is 0 Å². The third-order valence-electron chi connectivity index (χ3n) is 4.61. The first-order chi connectivity index (χ1) is 8.91. The molecule has 0 aromatic rings. The van der Waals surface area contributed by atoms with Crippen molar-refractivity contribution < 1.29 is 4.79 Å². The van der Waals surface area contributed by atoms with Gasteiger partial charge in [0.1, 0.15) is 5.78 Å². The van der Waals surface area contributed by atoms with E-state index in [-0.39, 0.29) is 17.8 Å². The zero-order valence-corrected chi connectivity index (χ0v) is 13.1. The van der Waals surface area contributed by atoms with Crippen LogP contribution in [-0.2, 0) is 4.79 Å². The van der Waals surface area contributed by atoms with Gasteiger partial charge < -0.3 is 0 Å². The van der Waals surface area contributed by atoms with Gasteiger partial charge in [-0.3, -0.25) is 4.79 Å². The van der Waals surface area contributed by atoms with E-state index in [0.717, 1.165) is 19.3 Å². The Balaban J connectivity index is 2.77. The highest BCUT2D eigenvalue weighted by Gasteiger charge is 2.35. The van der Waals surface area contributed by atoms with Gasteiger partial charge in [-0.05, 0) is 43.9 Å². The van der Waals surface area contributed by atoms with E-state index in [1.165, 1.54) is 12.8 Å². The molecule has 0 aliphatic heterocycles. The molecule has 0 radical (unpaired) electrons. The molecule has 1 nitrogen and oxygen atoms in total. The summed E-state index contributed by atoms with van der Waals surface area (Å²) in [6, 6.07) is 0. The van der Waals surface area contributed by atoms with Crippen LogP contribution in [0.25, 0.3) is 0 Å². The van der Waals surface area contributed by atoms with Crippen LogP contribution in [0.1, 0.15) is 59.8 Å². The second-order valence-electron chi connectivity index (χ2n) is 6.87. The summed E-state index contributed by atoms with van der Waals surface area (Å²) < 4.78 is 0. The summed E-state index contributed by atoms with van der Waals surface area (Å²) in [5, 5.41) is 0. The van der Waals surface area contributed by atoms with Crippen molar-refractivity contribution >= 4 is 5.78 Å². The third kappa shape index (κ3) is 4.63. The summed E-state index contributed by atoms with van der Waals surface area (Å²) in [6.07, 6.45) is 11.5.